The molecule has 0 spiro atoms. The minimum Gasteiger partial charge on any atom is -0.373 e. The fourth-order valence-corrected chi connectivity index (χ4v) is 3.74. The molecule has 2 nitrogen and oxygen atoms in total. The fraction of sp³-hybridized carbons (Fsp3) is 0.280. The molecule has 1 aliphatic rings. The van der Waals surface area contributed by atoms with Crippen molar-refractivity contribution in [1.82, 2.24) is 0 Å². The highest BCUT2D eigenvalue weighted by atomic mass is 16.6. The lowest BCUT2D eigenvalue weighted by atomic mass is 9.80. The number of rotatable bonds is 8. The van der Waals surface area contributed by atoms with Crippen LogP contribution in [0.25, 0.3) is 0 Å². The molecule has 3 aromatic rings. The number of epoxide rings is 1. The van der Waals surface area contributed by atoms with Crippen LogP contribution < -0.4 is 0 Å². The van der Waals surface area contributed by atoms with Crippen LogP contribution in [0.3, 0.4) is 0 Å². The summed E-state index contributed by atoms with van der Waals surface area (Å²) in [5.74, 6) is 0.519. The molecule has 0 unspecified atom stereocenters. The molecule has 27 heavy (non-hydrogen) atoms. The zero-order valence-electron chi connectivity index (χ0n) is 15.8. The number of hydrogen-bond acceptors (Lipinski definition) is 2. The topological polar surface area (TPSA) is 21.8 Å². The number of benzene rings is 3. The van der Waals surface area contributed by atoms with E-state index in [1.54, 1.807) is 0 Å². The van der Waals surface area contributed by atoms with Gasteiger partial charge in [-0.2, -0.15) is 0 Å². The highest BCUT2D eigenvalue weighted by Gasteiger charge is 2.38. The van der Waals surface area contributed by atoms with E-state index >= 15 is 0 Å². The predicted octanol–water partition coefficient (Wildman–Crippen LogP) is 5.42. The Balaban J connectivity index is 1.76. The zero-order chi connectivity index (χ0) is 18.5. The lowest BCUT2D eigenvalue weighted by Gasteiger charge is -2.36. The van der Waals surface area contributed by atoms with Gasteiger partial charge in [-0.1, -0.05) is 97.9 Å². The molecule has 2 atom stereocenters. The summed E-state index contributed by atoms with van der Waals surface area (Å²) in [5.41, 5.74) is 2.83. The van der Waals surface area contributed by atoms with Gasteiger partial charge in [0.2, 0.25) is 0 Å². The minimum absolute atomic E-state index is 0.410. The van der Waals surface area contributed by atoms with E-state index < -0.39 is 5.60 Å². The first kappa shape index (κ1) is 18.0. The molecule has 1 fully saturated rings. The second kappa shape index (κ2) is 8.08. The molecule has 1 aliphatic heterocycles. The monoisotopic (exact) mass is 358 g/mol. The lowest BCUT2D eigenvalue weighted by Crippen LogP contribution is -2.33. The van der Waals surface area contributed by atoms with Gasteiger partial charge in [0, 0.05) is 6.61 Å². The first-order chi connectivity index (χ1) is 13.3. The van der Waals surface area contributed by atoms with Crippen LogP contribution in [-0.2, 0) is 15.1 Å². The second-order valence-corrected chi connectivity index (χ2v) is 7.27. The minimum atomic E-state index is -0.617. The maximum atomic E-state index is 6.78. The van der Waals surface area contributed by atoms with E-state index in [9.17, 15) is 0 Å². The molecule has 0 radical (unpaired) electrons. The van der Waals surface area contributed by atoms with Crippen molar-refractivity contribution in [3.8, 4) is 0 Å². The summed E-state index contributed by atoms with van der Waals surface area (Å²) >= 11 is 0. The Morgan fingerprint density at radius 1 is 0.815 bits per heavy atom. The van der Waals surface area contributed by atoms with Gasteiger partial charge in [-0.05, 0) is 29.0 Å². The van der Waals surface area contributed by atoms with E-state index in [2.05, 4.69) is 97.9 Å². The van der Waals surface area contributed by atoms with Crippen LogP contribution in [0.15, 0.2) is 91.0 Å². The van der Waals surface area contributed by atoms with Crippen LogP contribution in [0.4, 0.5) is 0 Å². The molecule has 138 valence electrons. The van der Waals surface area contributed by atoms with E-state index in [-0.39, 0.29) is 0 Å². The average Bonchev–Trinajstić information content (AvgIpc) is 3.59. The van der Waals surface area contributed by atoms with E-state index in [0.29, 0.717) is 18.6 Å². The molecule has 0 saturated carbocycles. The van der Waals surface area contributed by atoms with Crippen molar-refractivity contribution >= 4 is 0 Å². The molecular formula is C25H26O2. The molecular weight excluding hydrogens is 332 g/mol. The Labute approximate surface area is 161 Å². The van der Waals surface area contributed by atoms with Crippen LogP contribution in [-0.4, -0.2) is 19.3 Å². The maximum Gasteiger partial charge on any atom is 0.143 e. The lowest BCUT2D eigenvalue weighted by molar-refractivity contribution is 0.00511. The Morgan fingerprint density at radius 2 is 1.22 bits per heavy atom. The summed E-state index contributed by atoms with van der Waals surface area (Å²) in [4.78, 5) is 0. The Bertz CT molecular complexity index is 729. The van der Waals surface area contributed by atoms with E-state index in [4.69, 9.17) is 9.47 Å². The maximum absolute atomic E-state index is 6.78. The van der Waals surface area contributed by atoms with Crippen LogP contribution in [0.1, 0.15) is 30.0 Å². The van der Waals surface area contributed by atoms with Crippen LogP contribution in [0.5, 0.6) is 0 Å². The van der Waals surface area contributed by atoms with Crippen LogP contribution in [0, 0.1) is 5.92 Å². The standard InChI is InChI=1S/C25H26O2/c1-20(24-19-26-24)17-18-27-25(21-11-5-2-6-12-21,22-13-7-3-8-14-22)23-15-9-4-10-16-23/h2-16,20,24H,17-19H2,1H3/t20-,24-/m0/s1. The highest BCUT2D eigenvalue weighted by Crippen LogP contribution is 2.40. The summed E-state index contributed by atoms with van der Waals surface area (Å²) < 4.78 is 12.2. The number of hydrogen-bond donors (Lipinski definition) is 0. The van der Waals surface area contributed by atoms with E-state index in [1.807, 2.05) is 0 Å². The summed E-state index contributed by atoms with van der Waals surface area (Å²) in [6.07, 6.45) is 1.40. The smallest absolute Gasteiger partial charge is 0.143 e. The van der Waals surface area contributed by atoms with Crippen LogP contribution in [0.2, 0.25) is 0 Å². The van der Waals surface area contributed by atoms with Crippen LogP contribution >= 0.6 is 0 Å². The van der Waals surface area contributed by atoms with Crippen molar-refractivity contribution < 1.29 is 9.47 Å². The first-order valence-corrected chi connectivity index (χ1v) is 9.73. The van der Waals surface area contributed by atoms with Crippen molar-refractivity contribution in [3.63, 3.8) is 0 Å². The second-order valence-electron chi connectivity index (χ2n) is 7.27. The molecule has 0 aromatic heterocycles. The van der Waals surface area contributed by atoms with Gasteiger partial charge in [0.1, 0.15) is 5.60 Å². The van der Waals surface area contributed by atoms with Crippen molar-refractivity contribution in [2.24, 2.45) is 5.92 Å². The highest BCUT2D eigenvalue weighted by molar-refractivity contribution is 5.47. The van der Waals surface area contributed by atoms with Gasteiger partial charge in [0.05, 0.1) is 12.7 Å². The Kier molecular flexibility index (Phi) is 5.38. The number of ether oxygens (including phenoxy) is 2. The third-order valence-electron chi connectivity index (χ3n) is 5.43. The molecule has 1 heterocycles. The molecule has 0 bridgehead atoms. The van der Waals surface area contributed by atoms with Crippen molar-refractivity contribution in [2.45, 2.75) is 25.0 Å². The van der Waals surface area contributed by atoms with Gasteiger partial charge in [-0.3, -0.25) is 0 Å². The van der Waals surface area contributed by atoms with Gasteiger partial charge in [0.25, 0.3) is 0 Å². The third-order valence-corrected chi connectivity index (χ3v) is 5.43. The Morgan fingerprint density at radius 3 is 1.59 bits per heavy atom. The Hall–Kier alpha value is -2.42. The summed E-state index contributed by atoms with van der Waals surface area (Å²) in [7, 11) is 0. The van der Waals surface area contributed by atoms with Crippen molar-refractivity contribution in [2.75, 3.05) is 13.2 Å². The molecule has 0 N–H and O–H groups in total. The van der Waals surface area contributed by atoms with E-state index in [1.165, 1.54) is 0 Å². The molecule has 2 heteroatoms. The normalized spacial score (nSPS) is 17.4. The molecule has 0 aliphatic carbocycles. The molecule has 1 saturated heterocycles. The van der Waals surface area contributed by atoms with Gasteiger partial charge in [0.15, 0.2) is 0 Å². The third kappa shape index (κ3) is 3.83. The van der Waals surface area contributed by atoms with Gasteiger partial charge in [-0.15, -0.1) is 0 Å². The summed E-state index contributed by atoms with van der Waals surface area (Å²) in [6, 6.07) is 31.6. The summed E-state index contributed by atoms with van der Waals surface area (Å²) in [6.45, 7) is 3.82. The molecule has 3 aromatic carbocycles. The van der Waals surface area contributed by atoms with Crippen molar-refractivity contribution in [1.29, 1.82) is 0 Å². The quantitative estimate of drug-likeness (QED) is 0.396. The fourth-order valence-electron chi connectivity index (χ4n) is 3.74. The SMILES string of the molecule is C[C@@H](CCOC(c1ccccc1)(c1ccccc1)c1ccccc1)[C@@H]1CO1. The van der Waals surface area contributed by atoms with Gasteiger partial charge in [-0.25, -0.2) is 0 Å². The predicted molar refractivity (Wildman–Crippen MR) is 109 cm³/mol. The molecule has 4 rings (SSSR count). The average molecular weight is 358 g/mol. The zero-order valence-corrected chi connectivity index (χ0v) is 15.8. The summed E-state index contributed by atoms with van der Waals surface area (Å²) in [5, 5.41) is 0. The first-order valence-electron chi connectivity index (χ1n) is 9.73. The van der Waals surface area contributed by atoms with Crippen molar-refractivity contribution in [3.05, 3.63) is 108 Å². The van der Waals surface area contributed by atoms with Gasteiger partial charge < -0.3 is 9.47 Å². The van der Waals surface area contributed by atoms with Gasteiger partial charge >= 0.3 is 0 Å². The molecule has 0 amide bonds. The largest absolute Gasteiger partial charge is 0.373 e. The van der Waals surface area contributed by atoms with E-state index in [0.717, 1.165) is 29.7 Å².